The van der Waals surface area contributed by atoms with Crippen molar-refractivity contribution in [1.29, 1.82) is 0 Å². The van der Waals surface area contributed by atoms with Crippen LogP contribution in [0.15, 0.2) is 35.7 Å². The highest BCUT2D eigenvalue weighted by Crippen LogP contribution is 2.25. The highest BCUT2D eigenvalue weighted by atomic mass is 35.5. The molecule has 0 spiro atoms. The molecule has 3 heterocycles. The summed E-state index contributed by atoms with van der Waals surface area (Å²) in [7, 11) is 0. The fourth-order valence-corrected chi connectivity index (χ4v) is 4.45. The summed E-state index contributed by atoms with van der Waals surface area (Å²) in [5.74, 6) is 0.103. The van der Waals surface area contributed by atoms with Crippen LogP contribution in [0.3, 0.4) is 0 Å². The quantitative estimate of drug-likeness (QED) is 0.793. The number of nitrogens with one attached hydrogen (secondary N) is 1. The number of rotatable bonds is 3. The Kier molecular flexibility index (Phi) is 8.24. The van der Waals surface area contributed by atoms with Gasteiger partial charge in [-0.1, -0.05) is 30.3 Å². The number of benzene rings is 1. The number of piperidine rings is 1. The monoisotopic (exact) mass is 442 g/mol. The maximum atomic E-state index is 12.9. The van der Waals surface area contributed by atoms with Gasteiger partial charge in [-0.05, 0) is 12.8 Å². The average molecular weight is 443 g/mol. The summed E-state index contributed by atoms with van der Waals surface area (Å²) in [6.45, 7) is 3.27. The molecule has 0 radical (unpaired) electrons. The summed E-state index contributed by atoms with van der Waals surface area (Å²) in [6.07, 6.45) is 1.88. The molecule has 2 amide bonds. The van der Waals surface area contributed by atoms with Crippen LogP contribution in [0.4, 0.5) is 0 Å². The lowest BCUT2D eigenvalue weighted by Crippen LogP contribution is -2.57. The third-order valence-corrected chi connectivity index (χ3v) is 5.89. The first-order valence-corrected chi connectivity index (χ1v) is 9.91. The van der Waals surface area contributed by atoms with E-state index in [4.69, 9.17) is 0 Å². The fourth-order valence-electron chi connectivity index (χ4n) is 3.65. The minimum Gasteiger partial charge on any atom is -0.336 e. The molecule has 2 fully saturated rings. The van der Waals surface area contributed by atoms with Gasteiger partial charge >= 0.3 is 0 Å². The van der Waals surface area contributed by atoms with Crippen molar-refractivity contribution in [2.75, 3.05) is 32.7 Å². The number of carbonyl (C=O) groups is 2. The number of carbonyl (C=O) groups excluding carboxylic acids is 2. The number of hydrogen-bond acceptors (Lipinski definition) is 5. The summed E-state index contributed by atoms with van der Waals surface area (Å²) in [6, 6.07) is 10.0. The number of halogens is 2. The lowest BCUT2D eigenvalue weighted by Gasteiger charge is -2.40. The van der Waals surface area contributed by atoms with E-state index in [1.165, 1.54) is 11.3 Å². The van der Waals surface area contributed by atoms with Crippen LogP contribution in [0.2, 0.25) is 0 Å². The van der Waals surface area contributed by atoms with E-state index < -0.39 is 0 Å². The Bertz CT molecular complexity index is 802. The van der Waals surface area contributed by atoms with Gasteiger partial charge in [-0.3, -0.25) is 9.59 Å². The molecule has 1 unspecified atom stereocenters. The molecule has 2 aromatic rings. The Labute approximate surface area is 181 Å². The second-order valence-electron chi connectivity index (χ2n) is 6.72. The van der Waals surface area contributed by atoms with E-state index in [2.05, 4.69) is 10.3 Å². The molecular formula is C19H24Cl2N4O2S. The topological polar surface area (TPSA) is 65.5 Å². The Morgan fingerprint density at radius 1 is 1.18 bits per heavy atom. The number of piperazine rings is 1. The van der Waals surface area contributed by atoms with E-state index >= 15 is 0 Å². The third-order valence-electron chi connectivity index (χ3n) is 4.99. The summed E-state index contributed by atoms with van der Waals surface area (Å²) in [4.78, 5) is 33.4. The van der Waals surface area contributed by atoms with Gasteiger partial charge in [-0.2, -0.15) is 0 Å². The number of likely N-dealkylation sites (tertiary alicyclic amines) is 1. The van der Waals surface area contributed by atoms with Gasteiger partial charge in [0.25, 0.3) is 5.91 Å². The predicted molar refractivity (Wildman–Crippen MR) is 116 cm³/mol. The molecular weight excluding hydrogens is 419 g/mol. The first kappa shape index (κ1) is 22.6. The molecule has 0 aliphatic carbocycles. The maximum absolute atomic E-state index is 12.9. The summed E-state index contributed by atoms with van der Waals surface area (Å²) < 4.78 is 0. The summed E-state index contributed by atoms with van der Waals surface area (Å²) in [5.41, 5.74) is 1.53. The van der Waals surface area contributed by atoms with E-state index in [1.54, 1.807) is 0 Å². The molecule has 1 aromatic carbocycles. The molecule has 4 rings (SSSR count). The molecule has 1 atom stereocenters. The van der Waals surface area contributed by atoms with Gasteiger partial charge < -0.3 is 15.1 Å². The van der Waals surface area contributed by atoms with Crippen molar-refractivity contribution in [3.8, 4) is 10.6 Å². The molecule has 1 aromatic heterocycles. The smallest absolute Gasteiger partial charge is 0.273 e. The Balaban J connectivity index is 0.00000140. The van der Waals surface area contributed by atoms with Crippen molar-refractivity contribution in [2.24, 2.45) is 0 Å². The molecule has 2 aliphatic rings. The SMILES string of the molecule is Cl.Cl.O=C(c1csc(-c2ccccc2)n1)N1CCCC(N2CCNCC2=O)C1. The number of aromatic nitrogens is 1. The minimum atomic E-state index is -0.0317. The van der Waals surface area contributed by atoms with Gasteiger partial charge in [-0.15, -0.1) is 36.2 Å². The van der Waals surface area contributed by atoms with Crippen molar-refractivity contribution in [1.82, 2.24) is 20.1 Å². The van der Waals surface area contributed by atoms with Crippen molar-refractivity contribution in [2.45, 2.75) is 18.9 Å². The summed E-state index contributed by atoms with van der Waals surface area (Å²) in [5, 5.41) is 5.80. The van der Waals surface area contributed by atoms with Gasteiger partial charge in [0.1, 0.15) is 10.7 Å². The lowest BCUT2D eigenvalue weighted by molar-refractivity contribution is -0.135. The molecule has 9 heteroatoms. The van der Waals surface area contributed by atoms with E-state index in [0.29, 0.717) is 18.8 Å². The van der Waals surface area contributed by atoms with Crippen molar-refractivity contribution in [3.63, 3.8) is 0 Å². The highest BCUT2D eigenvalue weighted by molar-refractivity contribution is 7.13. The van der Waals surface area contributed by atoms with E-state index in [-0.39, 0.29) is 42.7 Å². The number of amides is 2. The average Bonchev–Trinajstić information content (AvgIpc) is 3.19. The first-order valence-electron chi connectivity index (χ1n) is 9.03. The zero-order valence-corrected chi connectivity index (χ0v) is 17.8. The van der Waals surface area contributed by atoms with Crippen LogP contribution in [0, 0.1) is 0 Å². The fraction of sp³-hybridized carbons (Fsp3) is 0.421. The molecule has 0 saturated carbocycles. The Morgan fingerprint density at radius 3 is 2.71 bits per heavy atom. The van der Waals surface area contributed by atoms with Crippen molar-refractivity contribution >= 4 is 48.0 Å². The largest absolute Gasteiger partial charge is 0.336 e. The standard InChI is InChI=1S/C19H22N4O2S.2ClH/c24-17-11-20-8-10-23(17)15-7-4-9-22(12-15)19(25)16-13-26-18(21-16)14-5-2-1-3-6-14;;/h1-3,5-6,13,15,20H,4,7-12H2;2*1H. The van der Waals surface area contributed by atoms with E-state index in [0.717, 1.165) is 43.0 Å². The van der Waals surface area contributed by atoms with Crippen LogP contribution in [0.1, 0.15) is 23.3 Å². The lowest BCUT2D eigenvalue weighted by atomic mass is 10.0. The second-order valence-corrected chi connectivity index (χ2v) is 7.57. The zero-order chi connectivity index (χ0) is 17.9. The second kappa shape index (κ2) is 10.2. The van der Waals surface area contributed by atoms with Crippen LogP contribution in [-0.4, -0.2) is 65.4 Å². The Hall–Kier alpha value is -1.67. The normalized spacial score (nSPS) is 19.6. The predicted octanol–water partition coefficient (Wildman–Crippen LogP) is 2.69. The molecule has 28 heavy (non-hydrogen) atoms. The first-order chi connectivity index (χ1) is 12.7. The zero-order valence-electron chi connectivity index (χ0n) is 15.4. The molecule has 1 N–H and O–H groups in total. The van der Waals surface area contributed by atoms with Crippen LogP contribution < -0.4 is 5.32 Å². The van der Waals surface area contributed by atoms with Crippen LogP contribution in [0.25, 0.3) is 10.6 Å². The molecule has 0 bridgehead atoms. The Morgan fingerprint density at radius 2 is 1.96 bits per heavy atom. The molecule has 152 valence electrons. The summed E-state index contributed by atoms with van der Waals surface area (Å²) >= 11 is 1.49. The maximum Gasteiger partial charge on any atom is 0.273 e. The van der Waals surface area contributed by atoms with Gasteiger partial charge in [0.2, 0.25) is 5.91 Å². The number of nitrogens with zero attached hydrogens (tertiary/aromatic N) is 3. The number of thiazole rings is 1. The third kappa shape index (κ3) is 4.84. The van der Waals surface area contributed by atoms with Crippen molar-refractivity contribution in [3.05, 3.63) is 41.4 Å². The minimum absolute atomic E-state index is 0. The van der Waals surface area contributed by atoms with Crippen molar-refractivity contribution < 1.29 is 9.59 Å². The van der Waals surface area contributed by atoms with Gasteiger partial charge in [0.05, 0.1) is 6.54 Å². The highest BCUT2D eigenvalue weighted by Gasteiger charge is 2.32. The van der Waals surface area contributed by atoms with Crippen LogP contribution in [-0.2, 0) is 4.79 Å². The van der Waals surface area contributed by atoms with E-state index in [1.807, 2.05) is 45.5 Å². The van der Waals surface area contributed by atoms with Crippen LogP contribution in [0.5, 0.6) is 0 Å². The van der Waals surface area contributed by atoms with Gasteiger partial charge in [0.15, 0.2) is 0 Å². The molecule has 6 nitrogen and oxygen atoms in total. The van der Waals surface area contributed by atoms with Crippen LogP contribution >= 0.6 is 36.2 Å². The molecule has 2 aliphatic heterocycles. The van der Waals surface area contributed by atoms with E-state index in [9.17, 15) is 9.59 Å². The van der Waals surface area contributed by atoms with Gasteiger partial charge in [-0.25, -0.2) is 4.98 Å². The van der Waals surface area contributed by atoms with Gasteiger partial charge in [0, 0.05) is 43.2 Å². The molecule has 2 saturated heterocycles. The number of hydrogen-bond donors (Lipinski definition) is 1.